The Kier molecular flexibility index (Phi) is 5.93. The van der Waals surface area contributed by atoms with Crippen LogP contribution in [0.5, 0.6) is 0 Å². The van der Waals surface area contributed by atoms with Gasteiger partial charge in [-0.1, -0.05) is 24.1 Å². The number of carbonyl (C=O) groups is 3. The summed E-state index contributed by atoms with van der Waals surface area (Å²) in [6.07, 6.45) is 7.82. The number of rotatable bonds is 4. The van der Waals surface area contributed by atoms with Crippen molar-refractivity contribution in [3.05, 3.63) is 70.0 Å². The molecule has 34 heavy (non-hydrogen) atoms. The second kappa shape index (κ2) is 9.03. The van der Waals surface area contributed by atoms with E-state index in [9.17, 15) is 18.8 Å². The van der Waals surface area contributed by atoms with Crippen molar-refractivity contribution in [3.63, 3.8) is 0 Å². The molecule has 2 saturated heterocycles. The monoisotopic (exact) mass is 459 g/mol. The molecule has 7 heteroatoms. The van der Waals surface area contributed by atoms with E-state index in [2.05, 4.69) is 22.2 Å². The maximum atomic E-state index is 14.6. The first-order valence-corrected chi connectivity index (χ1v) is 11.7. The van der Waals surface area contributed by atoms with Crippen LogP contribution >= 0.6 is 0 Å². The Labute approximate surface area is 198 Å². The fraction of sp³-hybridized carbons (Fsp3) is 0.370. The van der Waals surface area contributed by atoms with E-state index in [4.69, 9.17) is 6.42 Å². The number of hydrogen-bond acceptors (Lipinski definition) is 4. The number of halogens is 1. The summed E-state index contributed by atoms with van der Waals surface area (Å²) in [7, 11) is 0. The zero-order valence-electron chi connectivity index (χ0n) is 18.9. The van der Waals surface area contributed by atoms with Crippen molar-refractivity contribution in [1.82, 2.24) is 15.1 Å². The highest BCUT2D eigenvalue weighted by atomic mass is 19.1. The molecule has 2 fully saturated rings. The molecule has 0 radical (unpaired) electrons. The Balaban J connectivity index is 1.32. The molecule has 3 aliphatic rings. The van der Waals surface area contributed by atoms with Crippen molar-refractivity contribution in [1.29, 1.82) is 0 Å². The number of nitrogens with one attached hydrogen (secondary N) is 1. The minimum atomic E-state index is -0.702. The minimum absolute atomic E-state index is 0.137. The summed E-state index contributed by atoms with van der Waals surface area (Å²) in [6, 6.07) is 10.1. The second-order valence-electron chi connectivity index (χ2n) is 9.27. The van der Waals surface area contributed by atoms with Crippen LogP contribution in [0.15, 0.2) is 36.4 Å². The third-order valence-corrected chi connectivity index (χ3v) is 7.25. The van der Waals surface area contributed by atoms with E-state index in [0.29, 0.717) is 12.0 Å². The third kappa shape index (κ3) is 4.10. The highest BCUT2D eigenvalue weighted by Crippen LogP contribution is 2.38. The fourth-order valence-corrected chi connectivity index (χ4v) is 5.46. The van der Waals surface area contributed by atoms with Crippen LogP contribution in [0.2, 0.25) is 0 Å². The lowest BCUT2D eigenvalue weighted by atomic mass is 9.85. The Hall–Kier alpha value is -3.50. The van der Waals surface area contributed by atoms with Gasteiger partial charge >= 0.3 is 0 Å². The highest BCUT2D eigenvalue weighted by molar-refractivity contribution is 6.05. The summed E-state index contributed by atoms with van der Waals surface area (Å²) in [5.41, 5.74) is 4.04. The number of carbonyl (C=O) groups excluding carboxylic acids is 3. The SMILES string of the molecule is C#Cc1ccccc1CN1CCC(c2cc(F)cc3c2CN(C2CCC(=O)NC2=O)C3=O)CC1. The van der Waals surface area contributed by atoms with Crippen molar-refractivity contribution < 1.29 is 18.8 Å². The molecule has 0 bridgehead atoms. The quantitative estimate of drug-likeness (QED) is 0.564. The predicted octanol–water partition coefficient (Wildman–Crippen LogP) is 2.95. The van der Waals surface area contributed by atoms with Crippen LogP contribution in [0.1, 0.15) is 64.2 Å². The number of likely N-dealkylation sites (tertiary alicyclic amines) is 1. The molecular weight excluding hydrogens is 433 g/mol. The second-order valence-corrected chi connectivity index (χ2v) is 9.27. The van der Waals surface area contributed by atoms with Crippen molar-refractivity contribution in [2.24, 2.45) is 0 Å². The Morgan fingerprint density at radius 3 is 2.59 bits per heavy atom. The molecule has 3 aliphatic heterocycles. The normalized spacial score (nSPS) is 21.4. The van der Waals surface area contributed by atoms with Gasteiger partial charge in [0.1, 0.15) is 11.9 Å². The van der Waals surface area contributed by atoms with Crippen molar-refractivity contribution >= 4 is 17.7 Å². The molecule has 0 saturated carbocycles. The standard InChI is InChI=1S/C27H26FN3O3/c1-2-17-5-3-4-6-19(17)15-30-11-9-18(10-12-30)21-13-20(28)14-22-23(21)16-31(27(22)34)24-7-8-25(32)29-26(24)33/h1,3-6,13-14,18,24H,7-12,15-16H2,(H,29,32,33). The molecule has 3 heterocycles. The van der Waals surface area contributed by atoms with Crippen molar-refractivity contribution in [2.45, 2.75) is 50.7 Å². The smallest absolute Gasteiger partial charge is 0.255 e. The number of hydrogen-bond donors (Lipinski definition) is 1. The predicted molar refractivity (Wildman–Crippen MR) is 124 cm³/mol. The van der Waals surface area contributed by atoms with Crippen LogP contribution in [-0.2, 0) is 22.7 Å². The van der Waals surface area contributed by atoms with Gasteiger partial charge in [0, 0.05) is 30.6 Å². The maximum Gasteiger partial charge on any atom is 0.255 e. The summed E-state index contributed by atoms with van der Waals surface area (Å²) >= 11 is 0. The van der Waals surface area contributed by atoms with Crippen LogP contribution in [0.4, 0.5) is 4.39 Å². The Bertz CT molecular complexity index is 1210. The number of nitrogens with zero attached hydrogens (tertiary/aromatic N) is 2. The van der Waals surface area contributed by atoms with Gasteiger partial charge in [-0.25, -0.2) is 4.39 Å². The number of imide groups is 1. The van der Waals surface area contributed by atoms with Crippen LogP contribution in [0.25, 0.3) is 0 Å². The molecule has 2 aromatic rings. The minimum Gasteiger partial charge on any atom is -0.322 e. The van der Waals surface area contributed by atoms with E-state index in [1.807, 2.05) is 18.2 Å². The molecule has 1 N–H and O–H groups in total. The van der Waals surface area contributed by atoms with E-state index >= 15 is 0 Å². The average Bonchev–Trinajstić information content (AvgIpc) is 3.15. The summed E-state index contributed by atoms with van der Waals surface area (Å²) in [6.45, 7) is 2.74. The number of terminal acetylenes is 1. The zero-order valence-corrected chi connectivity index (χ0v) is 18.9. The largest absolute Gasteiger partial charge is 0.322 e. The van der Waals surface area contributed by atoms with Crippen LogP contribution in [0.3, 0.4) is 0 Å². The molecule has 1 unspecified atom stereocenters. The van der Waals surface area contributed by atoms with Gasteiger partial charge in [-0.3, -0.25) is 24.6 Å². The molecule has 0 spiro atoms. The fourth-order valence-electron chi connectivity index (χ4n) is 5.46. The molecule has 174 valence electrons. The van der Waals surface area contributed by atoms with Gasteiger partial charge in [0.05, 0.1) is 0 Å². The first kappa shape index (κ1) is 22.3. The van der Waals surface area contributed by atoms with Crippen molar-refractivity contribution in [3.8, 4) is 12.3 Å². The lowest BCUT2D eigenvalue weighted by Crippen LogP contribution is -2.52. The maximum absolute atomic E-state index is 14.6. The highest BCUT2D eigenvalue weighted by Gasteiger charge is 2.41. The van der Waals surface area contributed by atoms with E-state index in [-0.39, 0.29) is 30.7 Å². The zero-order chi connectivity index (χ0) is 23.8. The van der Waals surface area contributed by atoms with Gasteiger partial charge in [-0.05, 0) is 73.2 Å². The molecule has 0 aromatic heterocycles. The van der Waals surface area contributed by atoms with Crippen LogP contribution in [-0.4, -0.2) is 46.7 Å². The lowest BCUT2D eigenvalue weighted by Gasteiger charge is -2.33. The Morgan fingerprint density at radius 2 is 1.85 bits per heavy atom. The average molecular weight is 460 g/mol. The summed E-state index contributed by atoms with van der Waals surface area (Å²) in [5.74, 6) is 1.32. The van der Waals surface area contributed by atoms with E-state index < -0.39 is 17.8 Å². The van der Waals surface area contributed by atoms with Gasteiger partial charge in [-0.15, -0.1) is 6.42 Å². The lowest BCUT2D eigenvalue weighted by molar-refractivity contribution is -0.136. The topological polar surface area (TPSA) is 69.7 Å². The molecule has 0 aliphatic carbocycles. The number of amides is 3. The van der Waals surface area contributed by atoms with Gasteiger partial charge in [0.15, 0.2) is 0 Å². The molecule has 1 atom stereocenters. The molecule has 3 amide bonds. The molecule has 6 nitrogen and oxygen atoms in total. The van der Waals surface area contributed by atoms with E-state index in [1.54, 1.807) is 6.07 Å². The van der Waals surface area contributed by atoms with E-state index in [1.165, 1.54) is 11.0 Å². The summed E-state index contributed by atoms with van der Waals surface area (Å²) in [5, 5.41) is 2.31. The first-order chi connectivity index (χ1) is 16.4. The molecule has 2 aromatic carbocycles. The van der Waals surface area contributed by atoms with E-state index in [0.717, 1.165) is 54.7 Å². The summed E-state index contributed by atoms with van der Waals surface area (Å²) < 4.78 is 14.6. The first-order valence-electron chi connectivity index (χ1n) is 11.7. The van der Waals surface area contributed by atoms with Gasteiger partial charge in [0.2, 0.25) is 11.8 Å². The van der Waals surface area contributed by atoms with Crippen molar-refractivity contribution in [2.75, 3.05) is 13.1 Å². The van der Waals surface area contributed by atoms with Crippen LogP contribution in [0, 0.1) is 18.2 Å². The number of benzene rings is 2. The third-order valence-electron chi connectivity index (χ3n) is 7.25. The number of fused-ring (bicyclic) bond motifs is 1. The molecular formula is C27H26FN3O3. The summed E-state index contributed by atoms with van der Waals surface area (Å²) in [4.78, 5) is 40.8. The van der Waals surface area contributed by atoms with Crippen LogP contribution < -0.4 is 5.32 Å². The molecule has 5 rings (SSSR count). The number of piperidine rings is 2. The van der Waals surface area contributed by atoms with Gasteiger partial charge in [-0.2, -0.15) is 0 Å². The Morgan fingerprint density at radius 1 is 1.09 bits per heavy atom. The van der Waals surface area contributed by atoms with Gasteiger partial charge < -0.3 is 4.90 Å². The van der Waals surface area contributed by atoms with Gasteiger partial charge in [0.25, 0.3) is 5.91 Å².